The van der Waals surface area contributed by atoms with Gasteiger partial charge in [-0.25, -0.2) is 0 Å². The molecular formula is C55H37N3. The first-order chi connectivity index (χ1) is 28.7. The number of nitrogens with zero attached hydrogens (tertiary/aromatic N) is 3. The van der Waals surface area contributed by atoms with E-state index in [1.165, 1.54) is 38.5 Å². The second-order valence-corrected chi connectivity index (χ2v) is 14.5. The number of hydrogen-bond donors (Lipinski definition) is 0. The number of aromatic nitrogens is 1. The van der Waals surface area contributed by atoms with Crippen molar-refractivity contribution >= 4 is 38.9 Å². The van der Waals surface area contributed by atoms with Crippen molar-refractivity contribution in [2.24, 2.45) is 0 Å². The van der Waals surface area contributed by atoms with Gasteiger partial charge in [-0.3, -0.25) is 0 Å². The molecule has 0 N–H and O–H groups in total. The number of anilines is 3. The van der Waals surface area contributed by atoms with Gasteiger partial charge in [0.2, 0.25) is 0 Å². The Balaban J connectivity index is 0.973. The van der Waals surface area contributed by atoms with Crippen LogP contribution in [0.4, 0.5) is 17.1 Å². The normalized spacial score (nSPS) is 11.1. The van der Waals surface area contributed by atoms with Crippen molar-refractivity contribution in [1.82, 2.24) is 4.57 Å². The van der Waals surface area contributed by atoms with Crippen molar-refractivity contribution in [2.45, 2.75) is 0 Å². The van der Waals surface area contributed by atoms with Crippen LogP contribution in [0.2, 0.25) is 0 Å². The summed E-state index contributed by atoms with van der Waals surface area (Å²) in [7, 11) is 0. The van der Waals surface area contributed by atoms with E-state index in [0.717, 1.165) is 50.6 Å². The molecule has 0 unspecified atom stereocenters. The lowest BCUT2D eigenvalue weighted by molar-refractivity contribution is 1.18. The minimum atomic E-state index is 0.662. The summed E-state index contributed by atoms with van der Waals surface area (Å²) in [6.07, 6.45) is 0. The molecule has 1 heterocycles. The molecule has 0 fully saturated rings. The lowest BCUT2D eigenvalue weighted by Crippen LogP contribution is -2.09. The van der Waals surface area contributed by atoms with E-state index in [9.17, 15) is 5.26 Å². The van der Waals surface area contributed by atoms with Crippen LogP contribution in [0, 0.1) is 11.3 Å². The van der Waals surface area contributed by atoms with Crippen LogP contribution >= 0.6 is 0 Å². The topological polar surface area (TPSA) is 32.0 Å². The Bertz CT molecular complexity index is 3010. The SMILES string of the molecule is N#Cc1ccc(-c2cccc(-c3ccc(N(c4ccc(-c5ccccc5)cc4)c4ccc(-c5ccc(-n6c7ccccc7c7ccccc76)cc5)cc4)cc3)c2)cc1. The molecule has 0 amide bonds. The predicted molar refractivity (Wildman–Crippen MR) is 242 cm³/mol. The Kier molecular flexibility index (Phi) is 8.91. The van der Waals surface area contributed by atoms with E-state index in [2.05, 4.69) is 216 Å². The van der Waals surface area contributed by atoms with Crippen LogP contribution in [-0.2, 0) is 0 Å². The average molecular weight is 740 g/mol. The molecule has 10 aromatic rings. The first kappa shape index (κ1) is 34.6. The lowest BCUT2D eigenvalue weighted by Gasteiger charge is -2.26. The molecule has 58 heavy (non-hydrogen) atoms. The number of benzene rings is 9. The highest BCUT2D eigenvalue weighted by atomic mass is 15.1. The van der Waals surface area contributed by atoms with E-state index >= 15 is 0 Å². The van der Waals surface area contributed by atoms with Crippen LogP contribution in [0.5, 0.6) is 0 Å². The smallest absolute Gasteiger partial charge is 0.0991 e. The Labute approximate surface area is 338 Å². The lowest BCUT2D eigenvalue weighted by atomic mass is 9.98. The Hall–Kier alpha value is -7.93. The maximum Gasteiger partial charge on any atom is 0.0991 e. The molecule has 0 spiro atoms. The van der Waals surface area contributed by atoms with Gasteiger partial charge < -0.3 is 9.47 Å². The van der Waals surface area contributed by atoms with Crippen LogP contribution in [0.15, 0.2) is 224 Å². The monoisotopic (exact) mass is 739 g/mol. The molecule has 0 bridgehead atoms. The number of rotatable bonds is 8. The van der Waals surface area contributed by atoms with E-state index in [0.29, 0.717) is 5.56 Å². The van der Waals surface area contributed by atoms with E-state index in [1.54, 1.807) is 0 Å². The zero-order valence-corrected chi connectivity index (χ0v) is 31.7. The summed E-state index contributed by atoms with van der Waals surface area (Å²) in [4.78, 5) is 2.32. The molecule has 0 saturated heterocycles. The molecule has 0 aliphatic heterocycles. The minimum absolute atomic E-state index is 0.662. The number of para-hydroxylation sites is 2. The van der Waals surface area contributed by atoms with Crippen LogP contribution < -0.4 is 4.90 Å². The molecule has 9 aromatic carbocycles. The summed E-state index contributed by atoms with van der Waals surface area (Å²) in [6.45, 7) is 0. The van der Waals surface area contributed by atoms with Crippen molar-refractivity contribution in [3.8, 4) is 56.3 Å². The van der Waals surface area contributed by atoms with Crippen molar-refractivity contribution in [2.75, 3.05) is 4.90 Å². The predicted octanol–water partition coefficient (Wildman–Crippen LogP) is 14.8. The van der Waals surface area contributed by atoms with Crippen LogP contribution in [0.1, 0.15) is 5.56 Å². The molecule has 272 valence electrons. The van der Waals surface area contributed by atoms with E-state index in [1.807, 2.05) is 24.3 Å². The molecule has 0 aliphatic rings. The van der Waals surface area contributed by atoms with Crippen molar-refractivity contribution in [3.05, 3.63) is 230 Å². The van der Waals surface area contributed by atoms with Crippen LogP contribution in [-0.4, -0.2) is 4.57 Å². The maximum absolute atomic E-state index is 9.25. The standard InChI is InChI=1S/C55H37N3/c56-38-39-17-19-44(20-18-39)46-11-8-12-47(37-46)45-27-33-50(34-28-45)57(48-29-21-41(22-30-48)40-9-2-1-3-10-40)49-31-23-42(24-32-49)43-25-35-51(36-26-43)58-54-15-6-4-13-52(54)53-14-5-7-16-55(53)58/h1-37H. The highest BCUT2D eigenvalue weighted by molar-refractivity contribution is 6.09. The summed E-state index contributed by atoms with van der Waals surface area (Å²) in [5.41, 5.74) is 16.7. The average Bonchev–Trinajstić information content (AvgIpc) is 3.65. The molecule has 10 rings (SSSR count). The Morgan fingerprint density at radius 1 is 0.328 bits per heavy atom. The van der Waals surface area contributed by atoms with Gasteiger partial charge in [0.05, 0.1) is 22.7 Å². The number of nitriles is 1. The van der Waals surface area contributed by atoms with Crippen molar-refractivity contribution in [3.63, 3.8) is 0 Å². The van der Waals surface area contributed by atoms with Gasteiger partial charge in [-0.15, -0.1) is 0 Å². The van der Waals surface area contributed by atoms with Gasteiger partial charge in [-0.2, -0.15) is 5.26 Å². The zero-order chi connectivity index (χ0) is 38.8. The van der Waals surface area contributed by atoms with Crippen LogP contribution in [0.3, 0.4) is 0 Å². The van der Waals surface area contributed by atoms with E-state index in [-0.39, 0.29) is 0 Å². The largest absolute Gasteiger partial charge is 0.311 e. The van der Waals surface area contributed by atoms with Gasteiger partial charge in [-0.1, -0.05) is 146 Å². The molecule has 0 saturated carbocycles. The first-order valence-electron chi connectivity index (χ1n) is 19.6. The van der Waals surface area contributed by atoms with Gasteiger partial charge in [0.15, 0.2) is 0 Å². The summed E-state index contributed by atoms with van der Waals surface area (Å²) in [6, 6.07) is 81.7. The maximum atomic E-state index is 9.25. The second kappa shape index (κ2) is 15.0. The summed E-state index contributed by atoms with van der Waals surface area (Å²) in [5, 5.41) is 11.8. The van der Waals surface area contributed by atoms with Crippen molar-refractivity contribution < 1.29 is 0 Å². The second-order valence-electron chi connectivity index (χ2n) is 14.5. The van der Waals surface area contributed by atoms with Gasteiger partial charge in [0.25, 0.3) is 0 Å². The molecule has 1 aromatic heterocycles. The van der Waals surface area contributed by atoms with Gasteiger partial charge in [0.1, 0.15) is 0 Å². The molecule has 0 radical (unpaired) electrons. The third-order valence-electron chi connectivity index (χ3n) is 11.1. The Morgan fingerprint density at radius 3 is 1.16 bits per heavy atom. The zero-order valence-electron chi connectivity index (χ0n) is 31.7. The fraction of sp³-hybridized carbons (Fsp3) is 0. The molecular weight excluding hydrogens is 703 g/mol. The molecule has 0 aliphatic carbocycles. The number of fused-ring (bicyclic) bond motifs is 3. The molecule has 0 atom stereocenters. The first-order valence-corrected chi connectivity index (χ1v) is 19.6. The van der Waals surface area contributed by atoms with Crippen LogP contribution in [0.25, 0.3) is 72.0 Å². The van der Waals surface area contributed by atoms with E-state index in [4.69, 9.17) is 0 Å². The highest BCUT2D eigenvalue weighted by Crippen LogP contribution is 2.39. The minimum Gasteiger partial charge on any atom is -0.311 e. The third-order valence-corrected chi connectivity index (χ3v) is 11.1. The quantitative estimate of drug-likeness (QED) is 0.155. The fourth-order valence-corrected chi connectivity index (χ4v) is 8.11. The number of hydrogen-bond acceptors (Lipinski definition) is 2. The van der Waals surface area contributed by atoms with Crippen molar-refractivity contribution in [1.29, 1.82) is 5.26 Å². The summed E-state index contributed by atoms with van der Waals surface area (Å²) >= 11 is 0. The van der Waals surface area contributed by atoms with Gasteiger partial charge in [0, 0.05) is 33.5 Å². The highest BCUT2D eigenvalue weighted by Gasteiger charge is 2.15. The van der Waals surface area contributed by atoms with E-state index < -0.39 is 0 Å². The fourth-order valence-electron chi connectivity index (χ4n) is 8.11. The summed E-state index contributed by atoms with van der Waals surface area (Å²) < 4.78 is 2.36. The Morgan fingerprint density at radius 2 is 0.690 bits per heavy atom. The molecule has 3 heteroatoms. The third kappa shape index (κ3) is 6.49. The molecule has 3 nitrogen and oxygen atoms in total. The van der Waals surface area contributed by atoms with Gasteiger partial charge >= 0.3 is 0 Å². The van der Waals surface area contributed by atoms with Gasteiger partial charge in [-0.05, 0) is 123 Å². The summed E-state index contributed by atoms with van der Waals surface area (Å²) in [5.74, 6) is 0.